The van der Waals surface area contributed by atoms with E-state index in [0.29, 0.717) is 10.6 Å². The molecule has 1 aromatic heterocycles. The smallest absolute Gasteiger partial charge is 0.254 e. The number of thiophene rings is 1. The summed E-state index contributed by atoms with van der Waals surface area (Å²) in [5.74, 6) is -0.333. The van der Waals surface area contributed by atoms with Crippen LogP contribution in [0.2, 0.25) is 0 Å². The van der Waals surface area contributed by atoms with Crippen LogP contribution in [0, 0.1) is 0 Å². The largest absolute Gasteiger partial charge is 0.355 e. The normalized spacial score (nSPS) is 10.5. The van der Waals surface area contributed by atoms with Crippen molar-refractivity contribution < 1.29 is 9.59 Å². The zero-order valence-electron chi connectivity index (χ0n) is 12.6. The first-order chi connectivity index (χ1) is 11.2. The Morgan fingerprint density at radius 2 is 1.83 bits per heavy atom. The van der Waals surface area contributed by atoms with Gasteiger partial charge in [-0.2, -0.15) is 0 Å². The molecule has 2 N–H and O–H groups in total. The minimum absolute atomic E-state index is 0.132. The van der Waals surface area contributed by atoms with Crippen LogP contribution in [-0.2, 0) is 11.2 Å². The maximum atomic E-state index is 12.2. The zero-order valence-corrected chi connectivity index (χ0v) is 13.4. The Balaban J connectivity index is 1.74. The number of benzene rings is 2. The highest BCUT2D eigenvalue weighted by molar-refractivity contribution is 7.14. The maximum absolute atomic E-state index is 12.2. The Bertz CT molecular complexity index is 870. The molecule has 3 rings (SSSR count). The molecular weight excluding hydrogens is 308 g/mol. The summed E-state index contributed by atoms with van der Waals surface area (Å²) in [6.45, 7) is 0. The van der Waals surface area contributed by atoms with Gasteiger partial charge in [0.25, 0.3) is 5.91 Å². The Morgan fingerprint density at radius 3 is 2.61 bits per heavy atom. The minimum Gasteiger partial charge on any atom is -0.355 e. The van der Waals surface area contributed by atoms with Gasteiger partial charge in [0.1, 0.15) is 5.00 Å². The summed E-state index contributed by atoms with van der Waals surface area (Å²) < 4.78 is 0. The molecule has 0 aliphatic carbocycles. The molecule has 0 fully saturated rings. The number of rotatable bonds is 4. The molecule has 1 heterocycles. The molecule has 5 heteroatoms. The third-order valence-corrected chi connectivity index (χ3v) is 4.40. The molecule has 2 amide bonds. The van der Waals surface area contributed by atoms with Crippen molar-refractivity contribution in [3.05, 3.63) is 65.0 Å². The van der Waals surface area contributed by atoms with Crippen molar-refractivity contribution in [3.8, 4) is 0 Å². The van der Waals surface area contributed by atoms with Gasteiger partial charge in [0.2, 0.25) is 5.91 Å². The fraction of sp³-hybridized carbons (Fsp3) is 0.111. The van der Waals surface area contributed by atoms with Crippen molar-refractivity contribution in [3.63, 3.8) is 0 Å². The number of fused-ring (bicyclic) bond motifs is 1. The molecule has 0 radical (unpaired) electrons. The van der Waals surface area contributed by atoms with Crippen LogP contribution < -0.4 is 10.6 Å². The number of hydrogen-bond acceptors (Lipinski definition) is 3. The van der Waals surface area contributed by atoms with Crippen molar-refractivity contribution in [1.82, 2.24) is 5.32 Å². The van der Waals surface area contributed by atoms with E-state index in [1.54, 1.807) is 18.5 Å². The lowest BCUT2D eigenvalue weighted by Crippen LogP contribution is -2.20. The Labute approximate surface area is 138 Å². The Morgan fingerprint density at radius 1 is 1.04 bits per heavy atom. The van der Waals surface area contributed by atoms with Gasteiger partial charge in [-0.15, -0.1) is 11.3 Å². The molecule has 0 atom stereocenters. The average molecular weight is 324 g/mol. The predicted octanol–water partition coefficient (Wildman–Crippen LogP) is 3.44. The molecule has 0 bridgehead atoms. The van der Waals surface area contributed by atoms with Gasteiger partial charge in [-0.3, -0.25) is 9.59 Å². The summed E-state index contributed by atoms with van der Waals surface area (Å²) in [5, 5.41) is 10.0. The van der Waals surface area contributed by atoms with Crippen LogP contribution in [0.3, 0.4) is 0 Å². The van der Waals surface area contributed by atoms with Crippen molar-refractivity contribution in [1.29, 1.82) is 0 Å². The molecule has 0 spiro atoms. The molecule has 4 nitrogen and oxygen atoms in total. The van der Waals surface area contributed by atoms with Crippen LogP contribution in [0.15, 0.2) is 53.9 Å². The summed E-state index contributed by atoms with van der Waals surface area (Å²) in [4.78, 5) is 24.0. The minimum atomic E-state index is -0.202. The van der Waals surface area contributed by atoms with Crippen LogP contribution >= 0.6 is 11.3 Å². The highest BCUT2D eigenvalue weighted by atomic mass is 32.1. The van der Waals surface area contributed by atoms with Crippen LogP contribution in [0.25, 0.3) is 10.8 Å². The van der Waals surface area contributed by atoms with E-state index in [1.807, 2.05) is 42.5 Å². The number of hydrogen-bond donors (Lipinski definition) is 2. The lowest BCUT2D eigenvalue weighted by Gasteiger charge is -2.07. The lowest BCUT2D eigenvalue weighted by atomic mass is 10.0. The monoisotopic (exact) mass is 324 g/mol. The van der Waals surface area contributed by atoms with Crippen LogP contribution in [0.1, 0.15) is 15.9 Å². The second kappa shape index (κ2) is 6.62. The van der Waals surface area contributed by atoms with Crippen LogP contribution in [0.5, 0.6) is 0 Å². The van der Waals surface area contributed by atoms with Crippen molar-refractivity contribution >= 4 is 38.9 Å². The van der Waals surface area contributed by atoms with E-state index in [1.165, 1.54) is 11.3 Å². The Hall–Kier alpha value is -2.66. The molecule has 0 saturated carbocycles. The lowest BCUT2D eigenvalue weighted by molar-refractivity contribution is -0.115. The summed E-state index contributed by atoms with van der Waals surface area (Å²) in [6.07, 6.45) is 0.274. The Kier molecular flexibility index (Phi) is 4.39. The standard InChI is InChI=1S/C18H16N2O2S/c1-19-17(22)15-8-9-23-18(15)20-16(21)11-12-6-7-13-4-2-3-5-14(13)10-12/h2-10H,11H2,1H3,(H,19,22)(H,20,21). The first kappa shape index (κ1) is 15.2. The quantitative estimate of drug-likeness (QED) is 0.772. The van der Waals surface area contributed by atoms with Gasteiger partial charge in [-0.1, -0.05) is 42.5 Å². The summed E-state index contributed by atoms with van der Waals surface area (Å²) in [7, 11) is 1.57. The summed E-state index contributed by atoms with van der Waals surface area (Å²) in [5.41, 5.74) is 1.43. The molecule has 0 saturated heterocycles. The fourth-order valence-corrected chi connectivity index (χ4v) is 3.23. The van der Waals surface area contributed by atoms with E-state index in [9.17, 15) is 9.59 Å². The van der Waals surface area contributed by atoms with Crippen LogP contribution in [-0.4, -0.2) is 18.9 Å². The molecule has 2 aromatic carbocycles. The average Bonchev–Trinajstić information content (AvgIpc) is 3.02. The molecule has 116 valence electrons. The third kappa shape index (κ3) is 3.40. The van der Waals surface area contributed by atoms with Gasteiger partial charge in [0.05, 0.1) is 12.0 Å². The van der Waals surface area contributed by atoms with Gasteiger partial charge in [-0.25, -0.2) is 0 Å². The first-order valence-corrected chi connectivity index (χ1v) is 8.12. The second-order valence-corrected chi connectivity index (χ2v) is 6.07. The fourth-order valence-electron chi connectivity index (χ4n) is 2.42. The number of anilines is 1. The van der Waals surface area contributed by atoms with E-state index >= 15 is 0 Å². The molecule has 0 aliphatic rings. The number of nitrogens with one attached hydrogen (secondary N) is 2. The van der Waals surface area contributed by atoms with E-state index in [2.05, 4.69) is 10.6 Å². The molecule has 0 unspecified atom stereocenters. The van der Waals surface area contributed by atoms with E-state index in [4.69, 9.17) is 0 Å². The van der Waals surface area contributed by atoms with E-state index < -0.39 is 0 Å². The van der Waals surface area contributed by atoms with Crippen molar-refractivity contribution in [2.24, 2.45) is 0 Å². The van der Waals surface area contributed by atoms with Crippen molar-refractivity contribution in [2.45, 2.75) is 6.42 Å². The number of carbonyl (C=O) groups is 2. The van der Waals surface area contributed by atoms with Gasteiger partial charge < -0.3 is 10.6 Å². The summed E-state index contributed by atoms with van der Waals surface area (Å²) in [6, 6.07) is 15.7. The van der Waals surface area contributed by atoms with E-state index in [0.717, 1.165) is 16.3 Å². The first-order valence-electron chi connectivity index (χ1n) is 7.24. The third-order valence-electron chi connectivity index (χ3n) is 3.57. The molecule has 0 aliphatic heterocycles. The van der Waals surface area contributed by atoms with Gasteiger partial charge >= 0.3 is 0 Å². The van der Waals surface area contributed by atoms with Gasteiger partial charge in [-0.05, 0) is 27.8 Å². The van der Waals surface area contributed by atoms with Crippen LogP contribution in [0.4, 0.5) is 5.00 Å². The molecule has 23 heavy (non-hydrogen) atoms. The van der Waals surface area contributed by atoms with Gasteiger partial charge in [0, 0.05) is 7.05 Å². The number of carbonyl (C=O) groups excluding carboxylic acids is 2. The molecular formula is C18H16N2O2S. The second-order valence-electron chi connectivity index (χ2n) is 5.15. The maximum Gasteiger partial charge on any atom is 0.254 e. The summed E-state index contributed by atoms with van der Waals surface area (Å²) >= 11 is 1.34. The van der Waals surface area contributed by atoms with Gasteiger partial charge in [0.15, 0.2) is 0 Å². The highest BCUT2D eigenvalue weighted by Gasteiger charge is 2.14. The zero-order chi connectivity index (χ0) is 16.2. The topological polar surface area (TPSA) is 58.2 Å². The van der Waals surface area contributed by atoms with E-state index in [-0.39, 0.29) is 18.2 Å². The highest BCUT2D eigenvalue weighted by Crippen LogP contribution is 2.23. The SMILES string of the molecule is CNC(=O)c1ccsc1NC(=O)Cc1ccc2ccccc2c1. The predicted molar refractivity (Wildman–Crippen MR) is 94.0 cm³/mol. The van der Waals surface area contributed by atoms with Crippen molar-refractivity contribution in [2.75, 3.05) is 12.4 Å². The molecule has 3 aromatic rings. The number of amides is 2.